The van der Waals surface area contributed by atoms with E-state index in [9.17, 15) is 4.79 Å². The van der Waals surface area contributed by atoms with Crippen LogP contribution in [-0.4, -0.2) is 28.9 Å². The van der Waals surface area contributed by atoms with Crippen molar-refractivity contribution >= 4 is 17.3 Å². The fraction of sp³-hybridized carbons (Fsp3) is 0.455. The molecule has 0 aliphatic carbocycles. The zero-order chi connectivity index (χ0) is 18.7. The van der Waals surface area contributed by atoms with Crippen LogP contribution in [0.2, 0.25) is 0 Å². The minimum absolute atomic E-state index is 0.0346. The number of carbonyl (C=O) groups is 1. The smallest absolute Gasteiger partial charge is 0.272 e. The standard InChI is InChI=1S/C22H29N3O/c1-15(2)18-8-7-9-19(16(3)4)21(18)24-17-10-11-23-20(14-17)22(26)25-12-5-6-13-25/h7-11,14-16H,5-6,12-13H2,1-4H3,(H,23,24). The highest BCUT2D eigenvalue weighted by molar-refractivity contribution is 5.93. The molecule has 2 aromatic rings. The van der Waals surface area contributed by atoms with Crippen LogP contribution < -0.4 is 5.32 Å². The molecule has 26 heavy (non-hydrogen) atoms. The lowest BCUT2D eigenvalue weighted by Gasteiger charge is -2.21. The van der Waals surface area contributed by atoms with Gasteiger partial charge in [-0.3, -0.25) is 9.78 Å². The summed E-state index contributed by atoms with van der Waals surface area (Å²) in [6.45, 7) is 10.5. The second-order valence-electron chi connectivity index (χ2n) is 7.67. The first-order valence-electron chi connectivity index (χ1n) is 9.62. The van der Waals surface area contributed by atoms with E-state index in [0.717, 1.165) is 37.3 Å². The molecule has 1 amide bonds. The van der Waals surface area contributed by atoms with Crippen LogP contribution in [0.5, 0.6) is 0 Å². The Balaban J connectivity index is 1.92. The molecular weight excluding hydrogens is 322 g/mol. The average Bonchev–Trinajstić information content (AvgIpc) is 3.15. The van der Waals surface area contributed by atoms with Gasteiger partial charge >= 0.3 is 0 Å². The van der Waals surface area contributed by atoms with Crippen LogP contribution in [0, 0.1) is 0 Å². The van der Waals surface area contributed by atoms with Gasteiger partial charge < -0.3 is 10.2 Å². The molecule has 4 nitrogen and oxygen atoms in total. The highest BCUT2D eigenvalue weighted by Crippen LogP contribution is 2.34. The number of anilines is 2. The maximum atomic E-state index is 12.6. The molecule has 2 heterocycles. The van der Waals surface area contributed by atoms with Crippen molar-refractivity contribution in [1.82, 2.24) is 9.88 Å². The average molecular weight is 351 g/mol. The second kappa shape index (κ2) is 7.90. The Labute approximate surface area is 156 Å². The lowest BCUT2D eigenvalue weighted by molar-refractivity contribution is 0.0787. The number of para-hydroxylation sites is 1. The van der Waals surface area contributed by atoms with Gasteiger partial charge in [-0.05, 0) is 47.9 Å². The molecule has 1 aromatic heterocycles. The summed E-state index contributed by atoms with van der Waals surface area (Å²) in [4.78, 5) is 18.8. The van der Waals surface area contributed by atoms with Crippen molar-refractivity contribution in [2.24, 2.45) is 0 Å². The first kappa shape index (κ1) is 18.4. The molecule has 1 aromatic carbocycles. The predicted octanol–water partition coefficient (Wildman–Crippen LogP) is 5.31. The van der Waals surface area contributed by atoms with Gasteiger partial charge in [-0.25, -0.2) is 0 Å². The maximum Gasteiger partial charge on any atom is 0.272 e. The third-order valence-corrected chi connectivity index (χ3v) is 5.01. The van der Waals surface area contributed by atoms with Gasteiger partial charge in [0.05, 0.1) is 0 Å². The summed E-state index contributed by atoms with van der Waals surface area (Å²) < 4.78 is 0. The summed E-state index contributed by atoms with van der Waals surface area (Å²) in [5.74, 6) is 0.875. The third kappa shape index (κ3) is 3.90. The van der Waals surface area contributed by atoms with Gasteiger partial charge in [-0.1, -0.05) is 45.9 Å². The molecule has 1 fully saturated rings. The second-order valence-corrected chi connectivity index (χ2v) is 7.67. The molecular formula is C22H29N3O. The van der Waals surface area contributed by atoms with Crippen LogP contribution in [0.25, 0.3) is 0 Å². The number of rotatable bonds is 5. The first-order valence-corrected chi connectivity index (χ1v) is 9.62. The molecule has 3 rings (SSSR count). The van der Waals surface area contributed by atoms with E-state index in [1.807, 2.05) is 17.0 Å². The zero-order valence-corrected chi connectivity index (χ0v) is 16.2. The van der Waals surface area contributed by atoms with Crippen molar-refractivity contribution in [3.05, 3.63) is 53.3 Å². The Morgan fingerprint density at radius 1 is 1.04 bits per heavy atom. The Kier molecular flexibility index (Phi) is 5.60. The van der Waals surface area contributed by atoms with Crippen molar-refractivity contribution in [2.75, 3.05) is 18.4 Å². The topological polar surface area (TPSA) is 45.2 Å². The largest absolute Gasteiger partial charge is 0.355 e. The Bertz CT molecular complexity index is 750. The highest BCUT2D eigenvalue weighted by Gasteiger charge is 2.21. The number of aromatic nitrogens is 1. The number of nitrogens with zero attached hydrogens (tertiary/aromatic N) is 2. The van der Waals surface area contributed by atoms with Crippen molar-refractivity contribution in [3.63, 3.8) is 0 Å². The molecule has 0 spiro atoms. The number of likely N-dealkylation sites (tertiary alicyclic amines) is 1. The number of benzene rings is 1. The summed E-state index contributed by atoms with van der Waals surface area (Å²) in [6.07, 6.45) is 3.89. The molecule has 0 bridgehead atoms. The monoisotopic (exact) mass is 351 g/mol. The summed E-state index contributed by atoms with van der Waals surface area (Å²) >= 11 is 0. The number of nitrogens with one attached hydrogen (secondary N) is 1. The van der Waals surface area contributed by atoms with E-state index in [0.29, 0.717) is 17.5 Å². The lowest BCUT2D eigenvalue weighted by Crippen LogP contribution is -2.28. The molecule has 1 aliphatic rings. The molecule has 0 atom stereocenters. The molecule has 0 radical (unpaired) electrons. The van der Waals surface area contributed by atoms with Crippen molar-refractivity contribution in [2.45, 2.75) is 52.4 Å². The van der Waals surface area contributed by atoms with Crippen molar-refractivity contribution in [1.29, 1.82) is 0 Å². The van der Waals surface area contributed by atoms with Crippen LogP contribution in [0.15, 0.2) is 36.5 Å². The van der Waals surface area contributed by atoms with E-state index in [1.54, 1.807) is 6.20 Å². The quantitative estimate of drug-likeness (QED) is 0.794. The van der Waals surface area contributed by atoms with Gasteiger partial charge in [0.25, 0.3) is 5.91 Å². The van der Waals surface area contributed by atoms with Crippen LogP contribution in [0.1, 0.15) is 74.0 Å². The zero-order valence-electron chi connectivity index (χ0n) is 16.2. The van der Waals surface area contributed by atoms with Gasteiger partial charge in [0.15, 0.2) is 0 Å². The van der Waals surface area contributed by atoms with Crippen LogP contribution >= 0.6 is 0 Å². The third-order valence-electron chi connectivity index (χ3n) is 5.01. The van der Waals surface area contributed by atoms with Gasteiger partial charge in [-0.15, -0.1) is 0 Å². The first-order chi connectivity index (χ1) is 12.5. The SMILES string of the molecule is CC(C)c1cccc(C(C)C)c1Nc1ccnc(C(=O)N2CCCC2)c1. The van der Waals surface area contributed by atoms with E-state index < -0.39 is 0 Å². The van der Waals surface area contributed by atoms with Gasteiger partial charge in [0.1, 0.15) is 5.69 Å². The number of hydrogen-bond donors (Lipinski definition) is 1. The Morgan fingerprint density at radius 2 is 1.65 bits per heavy atom. The fourth-order valence-corrected chi connectivity index (χ4v) is 3.55. The molecule has 0 unspecified atom stereocenters. The van der Waals surface area contributed by atoms with Crippen LogP contribution in [-0.2, 0) is 0 Å². The molecule has 1 N–H and O–H groups in total. The van der Waals surface area contributed by atoms with Crippen molar-refractivity contribution in [3.8, 4) is 0 Å². The van der Waals surface area contributed by atoms with E-state index in [4.69, 9.17) is 0 Å². The summed E-state index contributed by atoms with van der Waals surface area (Å²) in [5.41, 5.74) is 5.17. The number of pyridine rings is 1. The van der Waals surface area contributed by atoms with Gasteiger partial charge in [0, 0.05) is 30.7 Å². The van der Waals surface area contributed by atoms with E-state index in [1.165, 1.54) is 11.1 Å². The molecule has 1 saturated heterocycles. The number of carbonyl (C=O) groups excluding carboxylic acids is 1. The lowest BCUT2D eigenvalue weighted by atomic mass is 9.92. The summed E-state index contributed by atoms with van der Waals surface area (Å²) in [7, 11) is 0. The summed E-state index contributed by atoms with van der Waals surface area (Å²) in [5, 5.41) is 3.58. The molecule has 138 valence electrons. The number of amides is 1. The fourth-order valence-electron chi connectivity index (χ4n) is 3.55. The van der Waals surface area contributed by atoms with E-state index in [-0.39, 0.29) is 5.91 Å². The normalized spacial score (nSPS) is 14.3. The summed E-state index contributed by atoms with van der Waals surface area (Å²) in [6, 6.07) is 10.3. The van der Waals surface area contributed by atoms with Gasteiger partial charge in [0.2, 0.25) is 0 Å². The Hall–Kier alpha value is -2.36. The maximum absolute atomic E-state index is 12.6. The molecule has 4 heteroatoms. The van der Waals surface area contributed by atoms with Crippen LogP contribution in [0.4, 0.5) is 11.4 Å². The minimum Gasteiger partial charge on any atom is -0.355 e. The van der Waals surface area contributed by atoms with E-state index >= 15 is 0 Å². The molecule has 0 saturated carbocycles. The van der Waals surface area contributed by atoms with Crippen molar-refractivity contribution < 1.29 is 4.79 Å². The highest BCUT2D eigenvalue weighted by atomic mass is 16.2. The Morgan fingerprint density at radius 3 is 2.23 bits per heavy atom. The molecule has 1 aliphatic heterocycles. The number of hydrogen-bond acceptors (Lipinski definition) is 3. The van der Waals surface area contributed by atoms with Gasteiger partial charge in [-0.2, -0.15) is 0 Å². The minimum atomic E-state index is 0.0346. The predicted molar refractivity (Wildman–Crippen MR) is 107 cm³/mol. The van der Waals surface area contributed by atoms with Crippen LogP contribution in [0.3, 0.4) is 0 Å². The van der Waals surface area contributed by atoms with E-state index in [2.05, 4.69) is 56.2 Å².